The Morgan fingerprint density at radius 3 is 2.33 bits per heavy atom. The summed E-state index contributed by atoms with van der Waals surface area (Å²) >= 11 is 12.2. The standard InChI is InChI=1S/C13H7Br2ClF2/c14-10-5-7(1-4-11(10)17)13(15)9-3-2-8(16)6-12(9)18/h1-6,13H. The topological polar surface area (TPSA) is 0 Å². The molecule has 94 valence electrons. The molecule has 1 atom stereocenters. The second kappa shape index (κ2) is 5.68. The molecule has 0 radical (unpaired) electrons. The Labute approximate surface area is 125 Å². The zero-order valence-corrected chi connectivity index (χ0v) is 12.9. The summed E-state index contributed by atoms with van der Waals surface area (Å²) < 4.78 is 27.3. The van der Waals surface area contributed by atoms with E-state index in [1.807, 2.05) is 0 Å². The van der Waals surface area contributed by atoms with E-state index in [0.29, 0.717) is 15.1 Å². The first-order chi connectivity index (χ1) is 8.49. The molecule has 0 aliphatic rings. The number of halogens is 5. The summed E-state index contributed by atoms with van der Waals surface area (Å²) in [6, 6.07) is 9.03. The van der Waals surface area contributed by atoms with E-state index in [1.54, 1.807) is 24.3 Å². The van der Waals surface area contributed by atoms with E-state index in [1.165, 1.54) is 12.1 Å². The molecule has 2 rings (SSSR count). The fraction of sp³-hybridized carbons (Fsp3) is 0.0769. The van der Waals surface area contributed by atoms with E-state index in [0.717, 1.165) is 5.56 Å². The Hall–Kier alpha value is -0.450. The summed E-state index contributed by atoms with van der Waals surface area (Å²) in [7, 11) is 0. The first-order valence-electron chi connectivity index (χ1n) is 5.03. The lowest BCUT2D eigenvalue weighted by atomic mass is 10.0. The summed E-state index contributed by atoms with van der Waals surface area (Å²) in [5, 5.41) is 0.344. The van der Waals surface area contributed by atoms with Gasteiger partial charge in [-0.2, -0.15) is 0 Å². The van der Waals surface area contributed by atoms with Crippen molar-refractivity contribution in [2.24, 2.45) is 0 Å². The minimum Gasteiger partial charge on any atom is -0.207 e. The summed E-state index contributed by atoms with van der Waals surface area (Å²) in [4.78, 5) is -0.355. The molecule has 0 heterocycles. The molecule has 0 spiro atoms. The van der Waals surface area contributed by atoms with Crippen molar-refractivity contribution in [3.05, 3.63) is 68.7 Å². The van der Waals surface area contributed by atoms with Crippen LogP contribution in [0.3, 0.4) is 0 Å². The summed E-state index contributed by atoms with van der Waals surface area (Å²) in [6.07, 6.45) is 0. The van der Waals surface area contributed by atoms with E-state index >= 15 is 0 Å². The van der Waals surface area contributed by atoms with Gasteiger partial charge in [-0.1, -0.05) is 39.7 Å². The van der Waals surface area contributed by atoms with E-state index in [2.05, 4.69) is 31.9 Å². The first kappa shape index (κ1) is 14.0. The average molecular weight is 396 g/mol. The Kier molecular flexibility index (Phi) is 4.41. The summed E-state index contributed by atoms with van der Waals surface area (Å²) in [6.45, 7) is 0. The molecule has 0 aliphatic heterocycles. The van der Waals surface area contributed by atoms with Gasteiger partial charge in [-0.05, 0) is 45.8 Å². The van der Waals surface area contributed by atoms with Crippen molar-refractivity contribution in [1.29, 1.82) is 0 Å². The van der Waals surface area contributed by atoms with Crippen LogP contribution in [0.5, 0.6) is 0 Å². The fourth-order valence-electron chi connectivity index (χ4n) is 1.56. The number of hydrogen-bond donors (Lipinski definition) is 0. The van der Waals surface area contributed by atoms with Crippen molar-refractivity contribution < 1.29 is 8.78 Å². The molecule has 0 saturated heterocycles. The molecule has 5 heteroatoms. The Bertz CT molecular complexity index is 587. The maximum Gasteiger partial charge on any atom is 0.137 e. The molecular weight excluding hydrogens is 389 g/mol. The molecule has 1 unspecified atom stereocenters. The number of alkyl halides is 1. The number of benzene rings is 2. The van der Waals surface area contributed by atoms with Gasteiger partial charge in [0.2, 0.25) is 0 Å². The highest BCUT2D eigenvalue weighted by Crippen LogP contribution is 2.34. The van der Waals surface area contributed by atoms with Crippen LogP contribution in [-0.4, -0.2) is 0 Å². The van der Waals surface area contributed by atoms with Gasteiger partial charge in [0, 0.05) is 10.6 Å². The summed E-state index contributed by atoms with van der Waals surface area (Å²) in [5.74, 6) is -0.750. The number of rotatable bonds is 2. The fourth-order valence-corrected chi connectivity index (χ4v) is 2.77. The molecular formula is C13H7Br2ClF2. The van der Waals surface area contributed by atoms with Gasteiger partial charge in [0.25, 0.3) is 0 Å². The number of hydrogen-bond acceptors (Lipinski definition) is 0. The quantitative estimate of drug-likeness (QED) is 0.558. The SMILES string of the molecule is Fc1ccc(C(Br)c2ccc(Cl)cc2F)cc1Br. The highest BCUT2D eigenvalue weighted by Gasteiger charge is 2.16. The predicted octanol–water partition coefficient (Wildman–Crippen LogP) is 5.87. The van der Waals surface area contributed by atoms with Crippen LogP contribution < -0.4 is 0 Å². The van der Waals surface area contributed by atoms with Crippen LogP contribution in [0, 0.1) is 11.6 Å². The van der Waals surface area contributed by atoms with Gasteiger partial charge in [0.05, 0.1) is 9.30 Å². The molecule has 0 aromatic heterocycles. The minimum absolute atomic E-state index is 0.344. The van der Waals surface area contributed by atoms with Crippen LogP contribution in [0.25, 0.3) is 0 Å². The molecule has 2 aromatic rings. The van der Waals surface area contributed by atoms with E-state index in [-0.39, 0.29) is 10.6 Å². The molecule has 0 bridgehead atoms. The predicted molar refractivity (Wildman–Crippen MR) is 76.3 cm³/mol. The normalized spacial score (nSPS) is 12.5. The maximum atomic E-state index is 13.8. The summed E-state index contributed by atoms with van der Waals surface area (Å²) in [5.41, 5.74) is 1.21. The second-order valence-electron chi connectivity index (χ2n) is 3.70. The maximum absolute atomic E-state index is 13.8. The molecule has 0 fully saturated rings. The zero-order valence-electron chi connectivity index (χ0n) is 8.93. The highest BCUT2D eigenvalue weighted by atomic mass is 79.9. The van der Waals surface area contributed by atoms with E-state index < -0.39 is 5.82 Å². The second-order valence-corrected chi connectivity index (χ2v) is 5.91. The molecule has 0 nitrogen and oxygen atoms in total. The zero-order chi connectivity index (χ0) is 13.3. The van der Waals surface area contributed by atoms with Crippen LogP contribution in [-0.2, 0) is 0 Å². The van der Waals surface area contributed by atoms with E-state index in [4.69, 9.17) is 11.6 Å². The largest absolute Gasteiger partial charge is 0.207 e. The van der Waals surface area contributed by atoms with Gasteiger partial charge >= 0.3 is 0 Å². The van der Waals surface area contributed by atoms with Gasteiger partial charge in [-0.15, -0.1) is 0 Å². The minimum atomic E-state index is -0.398. The monoisotopic (exact) mass is 394 g/mol. The van der Waals surface area contributed by atoms with Crippen molar-refractivity contribution in [3.8, 4) is 0 Å². The van der Waals surface area contributed by atoms with Crippen molar-refractivity contribution >= 4 is 43.5 Å². The Balaban J connectivity index is 2.41. The molecule has 0 amide bonds. The van der Waals surface area contributed by atoms with Crippen molar-refractivity contribution in [2.75, 3.05) is 0 Å². The van der Waals surface area contributed by atoms with Gasteiger partial charge < -0.3 is 0 Å². The van der Waals surface area contributed by atoms with Crippen molar-refractivity contribution in [2.45, 2.75) is 4.83 Å². The highest BCUT2D eigenvalue weighted by molar-refractivity contribution is 9.10. The Morgan fingerprint density at radius 1 is 1.00 bits per heavy atom. The molecule has 18 heavy (non-hydrogen) atoms. The lowest BCUT2D eigenvalue weighted by Crippen LogP contribution is -1.97. The lowest BCUT2D eigenvalue weighted by molar-refractivity contribution is 0.612. The molecule has 0 N–H and O–H groups in total. The molecule has 0 aliphatic carbocycles. The van der Waals surface area contributed by atoms with Crippen LogP contribution in [0.4, 0.5) is 8.78 Å². The van der Waals surface area contributed by atoms with Crippen LogP contribution in [0.15, 0.2) is 40.9 Å². The van der Waals surface area contributed by atoms with Crippen molar-refractivity contribution in [3.63, 3.8) is 0 Å². The lowest BCUT2D eigenvalue weighted by Gasteiger charge is -2.12. The third-order valence-electron chi connectivity index (χ3n) is 2.47. The third kappa shape index (κ3) is 2.92. The molecule has 2 aromatic carbocycles. The third-order valence-corrected chi connectivity index (χ3v) is 4.34. The van der Waals surface area contributed by atoms with Gasteiger partial charge in [-0.3, -0.25) is 0 Å². The van der Waals surface area contributed by atoms with Crippen LogP contribution in [0.2, 0.25) is 5.02 Å². The van der Waals surface area contributed by atoms with E-state index in [9.17, 15) is 8.78 Å². The average Bonchev–Trinajstić information content (AvgIpc) is 2.32. The van der Waals surface area contributed by atoms with Crippen LogP contribution in [0.1, 0.15) is 16.0 Å². The Morgan fingerprint density at radius 2 is 1.72 bits per heavy atom. The van der Waals surface area contributed by atoms with Gasteiger partial charge in [0.15, 0.2) is 0 Å². The molecule has 0 saturated carbocycles. The van der Waals surface area contributed by atoms with Gasteiger partial charge in [0.1, 0.15) is 11.6 Å². The van der Waals surface area contributed by atoms with Gasteiger partial charge in [-0.25, -0.2) is 8.78 Å². The van der Waals surface area contributed by atoms with Crippen LogP contribution >= 0.6 is 43.5 Å². The first-order valence-corrected chi connectivity index (χ1v) is 7.11. The van der Waals surface area contributed by atoms with Crippen molar-refractivity contribution in [1.82, 2.24) is 0 Å². The smallest absolute Gasteiger partial charge is 0.137 e.